The standard InChI is InChI=1S/C15H23NO/c1-3-17-15-8-4-7-14(10-15)12-16-9-5-6-13(2)11-16/h4,7-8,10,13H,3,5-6,9,11-12H2,1-2H3. The molecule has 1 aliphatic rings. The van der Waals surface area contributed by atoms with Gasteiger partial charge in [-0.3, -0.25) is 4.90 Å². The minimum atomic E-state index is 0.740. The highest BCUT2D eigenvalue weighted by Gasteiger charge is 2.16. The van der Waals surface area contributed by atoms with Crippen molar-refractivity contribution in [2.75, 3.05) is 19.7 Å². The minimum Gasteiger partial charge on any atom is -0.494 e. The van der Waals surface area contributed by atoms with Crippen LogP contribution >= 0.6 is 0 Å². The number of likely N-dealkylation sites (tertiary alicyclic amines) is 1. The Morgan fingerprint density at radius 3 is 3.06 bits per heavy atom. The van der Waals surface area contributed by atoms with Crippen molar-refractivity contribution in [3.63, 3.8) is 0 Å². The molecule has 0 aliphatic carbocycles. The van der Waals surface area contributed by atoms with Crippen LogP contribution in [0.1, 0.15) is 32.3 Å². The summed E-state index contributed by atoms with van der Waals surface area (Å²) in [5.41, 5.74) is 1.37. The summed E-state index contributed by atoms with van der Waals surface area (Å²) in [7, 11) is 0. The molecule has 0 aromatic heterocycles. The third-order valence-electron chi connectivity index (χ3n) is 3.36. The molecule has 1 aromatic rings. The van der Waals surface area contributed by atoms with E-state index in [1.165, 1.54) is 31.5 Å². The molecule has 1 unspecified atom stereocenters. The van der Waals surface area contributed by atoms with Crippen LogP contribution in [0.15, 0.2) is 24.3 Å². The summed E-state index contributed by atoms with van der Waals surface area (Å²) in [5.74, 6) is 1.84. The predicted molar refractivity (Wildman–Crippen MR) is 71.3 cm³/mol. The van der Waals surface area contributed by atoms with Gasteiger partial charge in [-0.15, -0.1) is 0 Å². The van der Waals surface area contributed by atoms with Gasteiger partial charge in [0.15, 0.2) is 0 Å². The van der Waals surface area contributed by atoms with E-state index < -0.39 is 0 Å². The first-order valence-corrected chi connectivity index (χ1v) is 6.72. The lowest BCUT2D eigenvalue weighted by molar-refractivity contribution is 0.176. The Morgan fingerprint density at radius 1 is 1.41 bits per heavy atom. The van der Waals surface area contributed by atoms with Gasteiger partial charge in [0, 0.05) is 13.1 Å². The average molecular weight is 233 g/mol. The van der Waals surface area contributed by atoms with Crippen LogP contribution in [0.2, 0.25) is 0 Å². The number of piperidine rings is 1. The molecule has 94 valence electrons. The molecule has 0 amide bonds. The van der Waals surface area contributed by atoms with Gasteiger partial charge in [-0.2, -0.15) is 0 Å². The number of hydrogen-bond acceptors (Lipinski definition) is 2. The van der Waals surface area contributed by atoms with Gasteiger partial charge in [-0.05, 0) is 49.9 Å². The fourth-order valence-corrected chi connectivity index (χ4v) is 2.59. The minimum absolute atomic E-state index is 0.740. The van der Waals surface area contributed by atoms with Crippen LogP contribution in [0.25, 0.3) is 0 Å². The lowest BCUT2D eigenvalue weighted by atomic mass is 10.00. The highest BCUT2D eigenvalue weighted by molar-refractivity contribution is 5.28. The molecule has 1 aliphatic heterocycles. The Hall–Kier alpha value is -1.02. The first-order chi connectivity index (χ1) is 8.28. The number of rotatable bonds is 4. The SMILES string of the molecule is CCOc1cccc(CN2CCCC(C)C2)c1. The van der Waals surface area contributed by atoms with Crippen LogP contribution in [0.5, 0.6) is 5.75 Å². The number of benzene rings is 1. The molecular formula is C15H23NO. The molecule has 17 heavy (non-hydrogen) atoms. The number of ether oxygens (including phenoxy) is 1. The smallest absolute Gasteiger partial charge is 0.119 e. The fraction of sp³-hybridized carbons (Fsp3) is 0.600. The highest BCUT2D eigenvalue weighted by Crippen LogP contribution is 2.20. The Labute approximate surface area is 105 Å². The van der Waals surface area contributed by atoms with E-state index in [9.17, 15) is 0 Å². The van der Waals surface area contributed by atoms with Gasteiger partial charge >= 0.3 is 0 Å². The van der Waals surface area contributed by atoms with Crippen molar-refractivity contribution in [1.29, 1.82) is 0 Å². The maximum absolute atomic E-state index is 5.54. The van der Waals surface area contributed by atoms with Crippen LogP contribution in [0, 0.1) is 5.92 Å². The van der Waals surface area contributed by atoms with Crippen LogP contribution in [0.4, 0.5) is 0 Å². The molecule has 2 nitrogen and oxygen atoms in total. The van der Waals surface area contributed by atoms with Crippen molar-refractivity contribution in [3.05, 3.63) is 29.8 Å². The summed E-state index contributed by atoms with van der Waals surface area (Å²) in [5, 5.41) is 0. The Morgan fingerprint density at radius 2 is 2.29 bits per heavy atom. The molecule has 1 aromatic carbocycles. The van der Waals surface area contributed by atoms with Gasteiger partial charge in [0.1, 0.15) is 5.75 Å². The molecular weight excluding hydrogens is 210 g/mol. The normalized spacial score (nSPS) is 21.4. The molecule has 2 heteroatoms. The maximum Gasteiger partial charge on any atom is 0.119 e. The molecule has 1 atom stereocenters. The lowest BCUT2D eigenvalue weighted by Crippen LogP contribution is -2.33. The van der Waals surface area contributed by atoms with E-state index in [1.807, 2.05) is 13.0 Å². The predicted octanol–water partition coefficient (Wildman–Crippen LogP) is 3.32. The zero-order chi connectivity index (χ0) is 12.1. The van der Waals surface area contributed by atoms with Crippen LogP contribution in [-0.4, -0.2) is 24.6 Å². The molecule has 1 saturated heterocycles. The van der Waals surface area contributed by atoms with Gasteiger partial charge in [-0.25, -0.2) is 0 Å². The number of hydrogen-bond donors (Lipinski definition) is 0. The van der Waals surface area contributed by atoms with E-state index in [-0.39, 0.29) is 0 Å². The molecule has 0 spiro atoms. The van der Waals surface area contributed by atoms with E-state index in [1.54, 1.807) is 0 Å². The number of nitrogens with zero attached hydrogens (tertiary/aromatic N) is 1. The average Bonchev–Trinajstić information content (AvgIpc) is 2.30. The van der Waals surface area contributed by atoms with Gasteiger partial charge in [0.2, 0.25) is 0 Å². The molecule has 1 fully saturated rings. The molecule has 2 rings (SSSR count). The van der Waals surface area contributed by atoms with Gasteiger partial charge < -0.3 is 4.74 Å². The first-order valence-electron chi connectivity index (χ1n) is 6.72. The van der Waals surface area contributed by atoms with Gasteiger partial charge in [0.25, 0.3) is 0 Å². The van der Waals surface area contributed by atoms with E-state index >= 15 is 0 Å². The Kier molecular flexibility index (Phi) is 4.43. The second kappa shape index (κ2) is 6.06. The van der Waals surface area contributed by atoms with E-state index in [0.29, 0.717) is 0 Å². The van der Waals surface area contributed by atoms with Crippen molar-refractivity contribution < 1.29 is 4.74 Å². The summed E-state index contributed by atoms with van der Waals surface area (Å²) < 4.78 is 5.54. The highest BCUT2D eigenvalue weighted by atomic mass is 16.5. The molecule has 0 N–H and O–H groups in total. The van der Waals surface area contributed by atoms with E-state index in [2.05, 4.69) is 30.0 Å². The summed E-state index contributed by atoms with van der Waals surface area (Å²) in [4.78, 5) is 2.55. The quantitative estimate of drug-likeness (QED) is 0.791. The third-order valence-corrected chi connectivity index (χ3v) is 3.36. The van der Waals surface area contributed by atoms with Crippen LogP contribution < -0.4 is 4.74 Å². The van der Waals surface area contributed by atoms with Crippen molar-refractivity contribution >= 4 is 0 Å². The van der Waals surface area contributed by atoms with Crippen LogP contribution in [-0.2, 0) is 6.54 Å². The monoisotopic (exact) mass is 233 g/mol. The van der Waals surface area contributed by atoms with Crippen molar-refractivity contribution in [2.45, 2.75) is 33.2 Å². The second-order valence-electron chi connectivity index (χ2n) is 5.06. The molecule has 0 saturated carbocycles. The zero-order valence-electron chi connectivity index (χ0n) is 11.0. The second-order valence-corrected chi connectivity index (χ2v) is 5.06. The third kappa shape index (κ3) is 3.74. The zero-order valence-corrected chi connectivity index (χ0v) is 11.0. The largest absolute Gasteiger partial charge is 0.494 e. The molecule has 1 heterocycles. The first kappa shape index (κ1) is 12.4. The fourth-order valence-electron chi connectivity index (χ4n) is 2.59. The topological polar surface area (TPSA) is 12.5 Å². The summed E-state index contributed by atoms with van der Waals surface area (Å²) >= 11 is 0. The van der Waals surface area contributed by atoms with Crippen molar-refractivity contribution in [1.82, 2.24) is 4.90 Å². The van der Waals surface area contributed by atoms with Gasteiger partial charge in [-0.1, -0.05) is 19.1 Å². The summed E-state index contributed by atoms with van der Waals surface area (Å²) in [6.45, 7) is 8.65. The van der Waals surface area contributed by atoms with Crippen LogP contribution in [0.3, 0.4) is 0 Å². The lowest BCUT2D eigenvalue weighted by Gasteiger charge is -2.30. The molecule has 0 radical (unpaired) electrons. The van der Waals surface area contributed by atoms with Crippen molar-refractivity contribution in [3.8, 4) is 5.75 Å². The van der Waals surface area contributed by atoms with Gasteiger partial charge in [0.05, 0.1) is 6.61 Å². The summed E-state index contributed by atoms with van der Waals surface area (Å²) in [6, 6.07) is 8.49. The van der Waals surface area contributed by atoms with Crippen molar-refractivity contribution in [2.24, 2.45) is 5.92 Å². The van der Waals surface area contributed by atoms with E-state index in [0.717, 1.165) is 24.8 Å². The van der Waals surface area contributed by atoms with E-state index in [4.69, 9.17) is 4.74 Å². The molecule has 0 bridgehead atoms. The summed E-state index contributed by atoms with van der Waals surface area (Å²) in [6.07, 6.45) is 2.72. The Bertz CT molecular complexity index is 351. The Balaban J connectivity index is 1.95. The maximum atomic E-state index is 5.54.